The Morgan fingerprint density at radius 1 is 1.54 bits per heavy atom. The number of hydrogen-bond donors (Lipinski definition) is 1. The standard InChI is InChI=1S/C9H11ClN2O/c1-13-9-7(6-4-11-5-6)2-3-8(10)12-9/h2-3,6,11H,4-5H2,1H3. The van der Waals surface area contributed by atoms with Crippen LogP contribution < -0.4 is 10.1 Å². The van der Waals surface area contributed by atoms with Crippen LogP contribution in [-0.2, 0) is 0 Å². The first-order chi connectivity index (χ1) is 6.31. The van der Waals surface area contributed by atoms with Gasteiger partial charge in [-0.3, -0.25) is 0 Å². The highest BCUT2D eigenvalue weighted by atomic mass is 35.5. The molecule has 3 nitrogen and oxygen atoms in total. The Morgan fingerprint density at radius 2 is 2.31 bits per heavy atom. The summed E-state index contributed by atoms with van der Waals surface area (Å²) in [4.78, 5) is 4.11. The number of nitrogens with one attached hydrogen (secondary N) is 1. The molecule has 0 spiro atoms. The molecule has 1 aromatic heterocycles. The first-order valence-electron chi connectivity index (χ1n) is 4.22. The van der Waals surface area contributed by atoms with Crippen LogP contribution in [-0.4, -0.2) is 25.2 Å². The fourth-order valence-electron chi connectivity index (χ4n) is 1.41. The molecule has 0 aromatic carbocycles. The molecule has 70 valence electrons. The molecule has 0 aliphatic carbocycles. The fraction of sp³-hybridized carbons (Fsp3) is 0.444. The van der Waals surface area contributed by atoms with E-state index >= 15 is 0 Å². The van der Waals surface area contributed by atoms with Gasteiger partial charge in [-0.05, 0) is 6.07 Å². The predicted molar refractivity (Wildman–Crippen MR) is 51.4 cm³/mol. The molecule has 1 saturated heterocycles. The molecule has 0 amide bonds. The number of pyridine rings is 1. The van der Waals surface area contributed by atoms with Crippen molar-refractivity contribution in [2.24, 2.45) is 0 Å². The van der Waals surface area contributed by atoms with Gasteiger partial charge in [-0.25, -0.2) is 4.98 Å². The van der Waals surface area contributed by atoms with Gasteiger partial charge in [0.1, 0.15) is 5.15 Å². The van der Waals surface area contributed by atoms with Crippen LogP contribution >= 0.6 is 11.6 Å². The Kier molecular flexibility index (Phi) is 2.38. The minimum absolute atomic E-state index is 0.480. The molecule has 1 aromatic rings. The molecule has 4 heteroatoms. The summed E-state index contributed by atoms with van der Waals surface area (Å²) in [5.41, 5.74) is 1.14. The van der Waals surface area contributed by atoms with Gasteiger partial charge in [0, 0.05) is 24.6 Å². The van der Waals surface area contributed by atoms with Gasteiger partial charge in [-0.1, -0.05) is 17.7 Å². The highest BCUT2D eigenvalue weighted by Crippen LogP contribution is 2.28. The Morgan fingerprint density at radius 3 is 2.85 bits per heavy atom. The van der Waals surface area contributed by atoms with E-state index in [0.717, 1.165) is 18.7 Å². The molecule has 0 saturated carbocycles. The fourth-order valence-corrected chi connectivity index (χ4v) is 1.55. The highest BCUT2D eigenvalue weighted by molar-refractivity contribution is 6.29. The normalized spacial score (nSPS) is 16.8. The van der Waals surface area contributed by atoms with E-state index in [1.807, 2.05) is 6.07 Å². The van der Waals surface area contributed by atoms with Gasteiger partial charge in [0.25, 0.3) is 0 Å². The highest BCUT2D eigenvalue weighted by Gasteiger charge is 2.23. The third kappa shape index (κ3) is 1.62. The van der Waals surface area contributed by atoms with E-state index in [0.29, 0.717) is 17.0 Å². The topological polar surface area (TPSA) is 34.1 Å². The molecule has 0 radical (unpaired) electrons. The van der Waals surface area contributed by atoms with E-state index in [4.69, 9.17) is 16.3 Å². The quantitative estimate of drug-likeness (QED) is 0.731. The minimum Gasteiger partial charge on any atom is -0.481 e. The number of aromatic nitrogens is 1. The van der Waals surface area contributed by atoms with E-state index < -0.39 is 0 Å². The molecule has 2 heterocycles. The molecule has 1 N–H and O–H groups in total. The lowest BCUT2D eigenvalue weighted by Gasteiger charge is -2.28. The summed E-state index contributed by atoms with van der Waals surface area (Å²) in [6, 6.07) is 3.79. The first kappa shape index (κ1) is 8.78. The maximum Gasteiger partial charge on any atom is 0.218 e. The zero-order valence-electron chi connectivity index (χ0n) is 7.38. The van der Waals surface area contributed by atoms with Crippen LogP contribution in [0, 0.1) is 0 Å². The number of nitrogens with zero attached hydrogens (tertiary/aromatic N) is 1. The van der Waals surface area contributed by atoms with Crippen molar-refractivity contribution in [3.05, 3.63) is 22.8 Å². The van der Waals surface area contributed by atoms with E-state index in [1.54, 1.807) is 13.2 Å². The average Bonchev–Trinajstić information content (AvgIpc) is 2.05. The zero-order valence-corrected chi connectivity index (χ0v) is 8.14. The molecular formula is C9H11ClN2O. The third-order valence-electron chi connectivity index (χ3n) is 2.27. The van der Waals surface area contributed by atoms with Crippen molar-refractivity contribution < 1.29 is 4.74 Å². The lowest BCUT2D eigenvalue weighted by Crippen LogP contribution is -2.40. The van der Waals surface area contributed by atoms with Crippen LogP contribution in [0.5, 0.6) is 5.88 Å². The third-order valence-corrected chi connectivity index (χ3v) is 2.48. The Balaban J connectivity index is 2.32. The average molecular weight is 199 g/mol. The maximum absolute atomic E-state index is 5.75. The molecule has 0 unspecified atom stereocenters. The van der Waals surface area contributed by atoms with Crippen molar-refractivity contribution in [3.63, 3.8) is 0 Å². The summed E-state index contributed by atoms with van der Waals surface area (Å²) in [5, 5.41) is 3.69. The lowest BCUT2D eigenvalue weighted by atomic mass is 9.95. The largest absolute Gasteiger partial charge is 0.481 e. The molecule has 0 atom stereocenters. The van der Waals surface area contributed by atoms with E-state index in [9.17, 15) is 0 Å². The molecule has 13 heavy (non-hydrogen) atoms. The number of ether oxygens (including phenoxy) is 1. The van der Waals surface area contributed by atoms with Crippen LogP contribution in [0.15, 0.2) is 12.1 Å². The van der Waals surface area contributed by atoms with Crippen LogP contribution in [0.3, 0.4) is 0 Å². The smallest absolute Gasteiger partial charge is 0.218 e. The Hall–Kier alpha value is -0.800. The van der Waals surface area contributed by atoms with Crippen molar-refractivity contribution >= 4 is 11.6 Å². The van der Waals surface area contributed by atoms with E-state index in [1.165, 1.54) is 0 Å². The molecular weight excluding hydrogens is 188 g/mol. The number of rotatable bonds is 2. The lowest BCUT2D eigenvalue weighted by molar-refractivity contribution is 0.371. The predicted octanol–water partition coefficient (Wildman–Crippen LogP) is 1.43. The summed E-state index contributed by atoms with van der Waals surface area (Å²) in [6.45, 7) is 2.00. The van der Waals surface area contributed by atoms with Crippen molar-refractivity contribution in [1.29, 1.82) is 0 Å². The summed E-state index contributed by atoms with van der Waals surface area (Å²) < 4.78 is 5.16. The maximum atomic E-state index is 5.75. The second kappa shape index (κ2) is 3.52. The summed E-state index contributed by atoms with van der Waals surface area (Å²) in [7, 11) is 1.62. The Labute approximate surface area is 82.1 Å². The van der Waals surface area contributed by atoms with Crippen molar-refractivity contribution in [3.8, 4) is 5.88 Å². The molecule has 2 rings (SSSR count). The van der Waals surface area contributed by atoms with E-state index in [-0.39, 0.29) is 0 Å². The van der Waals surface area contributed by atoms with Gasteiger partial charge in [0.2, 0.25) is 5.88 Å². The molecule has 1 aliphatic rings. The molecule has 0 bridgehead atoms. The van der Waals surface area contributed by atoms with Crippen LogP contribution in [0.4, 0.5) is 0 Å². The van der Waals surface area contributed by atoms with Gasteiger partial charge >= 0.3 is 0 Å². The van der Waals surface area contributed by atoms with Gasteiger partial charge in [0.15, 0.2) is 0 Å². The van der Waals surface area contributed by atoms with Crippen molar-refractivity contribution in [2.75, 3.05) is 20.2 Å². The van der Waals surface area contributed by atoms with Gasteiger partial charge < -0.3 is 10.1 Å². The van der Waals surface area contributed by atoms with Crippen molar-refractivity contribution in [2.45, 2.75) is 5.92 Å². The van der Waals surface area contributed by atoms with Gasteiger partial charge in [-0.2, -0.15) is 0 Å². The van der Waals surface area contributed by atoms with Crippen molar-refractivity contribution in [1.82, 2.24) is 10.3 Å². The Bertz CT molecular complexity index is 312. The summed E-state index contributed by atoms with van der Waals surface area (Å²) >= 11 is 5.75. The monoisotopic (exact) mass is 198 g/mol. The summed E-state index contributed by atoms with van der Waals surface area (Å²) in [6.07, 6.45) is 0. The van der Waals surface area contributed by atoms with Gasteiger partial charge in [0.05, 0.1) is 7.11 Å². The van der Waals surface area contributed by atoms with Crippen LogP contribution in [0.1, 0.15) is 11.5 Å². The molecule has 1 aliphatic heterocycles. The molecule has 1 fully saturated rings. The minimum atomic E-state index is 0.480. The number of hydrogen-bond acceptors (Lipinski definition) is 3. The second-order valence-corrected chi connectivity index (χ2v) is 3.47. The van der Waals surface area contributed by atoms with Crippen LogP contribution in [0.25, 0.3) is 0 Å². The number of halogens is 1. The van der Waals surface area contributed by atoms with Crippen LogP contribution in [0.2, 0.25) is 5.15 Å². The SMILES string of the molecule is COc1nc(Cl)ccc1C1CNC1. The summed E-state index contributed by atoms with van der Waals surface area (Å²) in [5.74, 6) is 1.18. The first-order valence-corrected chi connectivity index (χ1v) is 4.60. The van der Waals surface area contributed by atoms with Gasteiger partial charge in [-0.15, -0.1) is 0 Å². The zero-order chi connectivity index (χ0) is 9.26. The number of methoxy groups -OCH3 is 1. The second-order valence-electron chi connectivity index (χ2n) is 3.09. The van der Waals surface area contributed by atoms with E-state index in [2.05, 4.69) is 10.3 Å².